The molecule has 0 atom stereocenters. The first kappa shape index (κ1) is 8.45. The zero-order valence-electron chi connectivity index (χ0n) is 7.41. The molecule has 2 aromatic rings. The van der Waals surface area contributed by atoms with Crippen LogP contribution in [0.5, 0.6) is 0 Å². The van der Waals surface area contributed by atoms with E-state index >= 15 is 0 Å². The monoisotopic (exact) mass is 190 g/mol. The molecule has 0 saturated carbocycles. The summed E-state index contributed by atoms with van der Waals surface area (Å²) < 4.78 is 1.30. The molecule has 0 aliphatic heterocycles. The number of benzene rings is 1. The van der Waals surface area contributed by atoms with Gasteiger partial charge in [0, 0.05) is 11.1 Å². The van der Waals surface area contributed by atoms with E-state index in [1.54, 1.807) is 11.3 Å². The van der Waals surface area contributed by atoms with Crippen LogP contribution in [0.2, 0.25) is 0 Å². The summed E-state index contributed by atoms with van der Waals surface area (Å²) in [5, 5.41) is 3.31. The van der Waals surface area contributed by atoms with Crippen molar-refractivity contribution in [2.45, 2.75) is 13.3 Å². The van der Waals surface area contributed by atoms with E-state index in [0.717, 1.165) is 11.8 Å². The van der Waals surface area contributed by atoms with Gasteiger partial charge in [-0.1, -0.05) is 18.2 Å². The van der Waals surface area contributed by atoms with E-state index in [9.17, 15) is 4.79 Å². The van der Waals surface area contributed by atoms with Crippen molar-refractivity contribution in [1.29, 1.82) is 0 Å². The average Bonchev–Trinajstić information content (AvgIpc) is 2.51. The van der Waals surface area contributed by atoms with Gasteiger partial charge in [-0.3, -0.25) is 0 Å². The summed E-state index contributed by atoms with van der Waals surface area (Å²) in [5.41, 5.74) is 2.44. The second-order valence-corrected chi connectivity index (χ2v) is 3.96. The van der Waals surface area contributed by atoms with E-state index in [4.69, 9.17) is 0 Å². The van der Waals surface area contributed by atoms with Gasteiger partial charge >= 0.3 is 0 Å². The van der Waals surface area contributed by atoms with Gasteiger partial charge in [0.1, 0.15) is 6.29 Å². The van der Waals surface area contributed by atoms with Crippen molar-refractivity contribution in [3.8, 4) is 0 Å². The molecular weight excluding hydrogens is 180 g/mol. The third-order valence-electron chi connectivity index (χ3n) is 2.18. The zero-order chi connectivity index (χ0) is 9.26. The van der Waals surface area contributed by atoms with Gasteiger partial charge in [-0.2, -0.15) is 0 Å². The Labute approximate surface area is 81.0 Å². The molecule has 0 aliphatic rings. The second kappa shape index (κ2) is 3.30. The lowest BCUT2D eigenvalue weighted by Gasteiger charge is -1.95. The largest absolute Gasteiger partial charge is 0.303 e. The zero-order valence-corrected chi connectivity index (χ0v) is 8.23. The number of fused-ring (bicyclic) bond motifs is 1. The minimum Gasteiger partial charge on any atom is -0.303 e. The number of thiophene rings is 1. The number of rotatable bonds is 2. The fraction of sp³-hybridized carbons (Fsp3) is 0.182. The highest BCUT2D eigenvalue weighted by Gasteiger charge is 2.04. The highest BCUT2D eigenvalue weighted by atomic mass is 32.1. The maximum atomic E-state index is 10.4. The van der Waals surface area contributed by atoms with Crippen LogP contribution in [0, 0.1) is 6.92 Å². The fourth-order valence-corrected chi connectivity index (χ4v) is 2.57. The first-order valence-corrected chi connectivity index (χ1v) is 5.10. The molecule has 0 spiro atoms. The van der Waals surface area contributed by atoms with Gasteiger partial charge in [0.15, 0.2) is 0 Å². The summed E-state index contributed by atoms with van der Waals surface area (Å²) in [6, 6.07) is 6.22. The number of carbonyl (C=O) groups is 1. The molecular formula is C11H10OS. The number of hydrogen-bond acceptors (Lipinski definition) is 2. The molecule has 0 N–H and O–H groups in total. The van der Waals surface area contributed by atoms with Crippen LogP contribution in [-0.4, -0.2) is 6.29 Å². The van der Waals surface area contributed by atoms with Crippen LogP contribution in [0.15, 0.2) is 23.6 Å². The molecule has 66 valence electrons. The van der Waals surface area contributed by atoms with Gasteiger partial charge < -0.3 is 4.79 Å². The van der Waals surface area contributed by atoms with Crippen LogP contribution in [-0.2, 0) is 11.2 Å². The third-order valence-corrected chi connectivity index (χ3v) is 3.36. The molecule has 0 amide bonds. The molecule has 1 aromatic heterocycles. The number of hydrogen-bond donors (Lipinski definition) is 0. The maximum Gasteiger partial charge on any atom is 0.124 e. The van der Waals surface area contributed by atoms with Crippen molar-refractivity contribution < 1.29 is 4.79 Å². The second-order valence-electron chi connectivity index (χ2n) is 3.08. The van der Waals surface area contributed by atoms with Crippen molar-refractivity contribution in [2.24, 2.45) is 0 Å². The van der Waals surface area contributed by atoms with Gasteiger partial charge in [0.2, 0.25) is 0 Å². The van der Waals surface area contributed by atoms with Crippen LogP contribution < -0.4 is 0 Å². The molecule has 0 aliphatic carbocycles. The highest BCUT2D eigenvalue weighted by molar-refractivity contribution is 7.17. The Balaban J connectivity index is 2.67. The molecule has 1 heterocycles. The summed E-state index contributed by atoms with van der Waals surface area (Å²) in [4.78, 5) is 10.4. The summed E-state index contributed by atoms with van der Waals surface area (Å²) in [7, 11) is 0. The van der Waals surface area contributed by atoms with E-state index in [-0.39, 0.29) is 0 Å². The lowest BCUT2D eigenvalue weighted by molar-refractivity contribution is -0.107. The van der Waals surface area contributed by atoms with Crippen LogP contribution in [0.1, 0.15) is 11.1 Å². The summed E-state index contributed by atoms with van der Waals surface area (Å²) in [6.45, 7) is 2.10. The fourth-order valence-electron chi connectivity index (χ4n) is 1.50. The maximum absolute atomic E-state index is 10.4. The Morgan fingerprint density at radius 3 is 3.08 bits per heavy atom. The minimum atomic E-state index is 0.531. The first-order valence-electron chi connectivity index (χ1n) is 4.22. The average molecular weight is 190 g/mol. The Kier molecular flexibility index (Phi) is 2.15. The summed E-state index contributed by atoms with van der Waals surface area (Å²) >= 11 is 1.72. The molecule has 0 bridgehead atoms. The van der Waals surface area contributed by atoms with E-state index in [0.29, 0.717) is 6.42 Å². The molecule has 0 saturated heterocycles. The normalized spacial score (nSPS) is 10.5. The number of aryl methyl sites for hydroxylation is 1. The van der Waals surface area contributed by atoms with Crippen LogP contribution in [0.3, 0.4) is 0 Å². The molecule has 1 nitrogen and oxygen atoms in total. The van der Waals surface area contributed by atoms with Gasteiger partial charge in [0.25, 0.3) is 0 Å². The molecule has 13 heavy (non-hydrogen) atoms. The lowest BCUT2D eigenvalue weighted by atomic mass is 10.1. The summed E-state index contributed by atoms with van der Waals surface area (Å²) in [6.07, 6.45) is 1.49. The molecule has 2 rings (SSSR count). The molecule has 1 aromatic carbocycles. The topological polar surface area (TPSA) is 17.1 Å². The SMILES string of the molecule is Cc1cccc2c(CC=O)csc12. The van der Waals surface area contributed by atoms with Crippen molar-refractivity contribution in [3.63, 3.8) is 0 Å². The standard InChI is InChI=1S/C11H10OS/c1-8-3-2-4-10-9(5-6-12)7-13-11(8)10/h2-4,6-7H,5H2,1H3. The molecule has 0 unspecified atom stereocenters. The summed E-state index contributed by atoms with van der Waals surface area (Å²) in [5.74, 6) is 0. The molecule has 2 heteroatoms. The van der Waals surface area contributed by atoms with E-state index in [1.807, 2.05) is 6.07 Å². The third kappa shape index (κ3) is 1.38. The quantitative estimate of drug-likeness (QED) is 0.665. The van der Waals surface area contributed by atoms with Crippen molar-refractivity contribution in [3.05, 3.63) is 34.7 Å². The van der Waals surface area contributed by atoms with Gasteiger partial charge in [0.05, 0.1) is 0 Å². The van der Waals surface area contributed by atoms with Gasteiger partial charge in [-0.25, -0.2) is 0 Å². The van der Waals surface area contributed by atoms with Crippen LogP contribution in [0.25, 0.3) is 10.1 Å². The van der Waals surface area contributed by atoms with Crippen molar-refractivity contribution in [1.82, 2.24) is 0 Å². The predicted octanol–water partition coefficient (Wildman–Crippen LogP) is 2.95. The Morgan fingerprint density at radius 2 is 2.31 bits per heavy atom. The van der Waals surface area contributed by atoms with E-state index in [1.165, 1.54) is 15.6 Å². The van der Waals surface area contributed by atoms with Crippen molar-refractivity contribution in [2.75, 3.05) is 0 Å². The van der Waals surface area contributed by atoms with E-state index in [2.05, 4.69) is 24.4 Å². The smallest absolute Gasteiger partial charge is 0.124 e. The van der Waals surface area contributed by atoms with Crippen LogP contribution in [0.4, 0.5) is 0 Å². The first-order chi connectivity index (χ1) is 6.33. The number of aldehydes is 1. The van der Waals surface area contributed by atoms with Crippen molar-refractivity contribution >= 4 is 27.7 Å². The van der Waals surface area contributed by atoms with Gasteiger partial charge in [-0.05, 0) is 28.8 Å². The number of carbonyl (C=O) groups excluding carboxylic acids is 1. The Morgan fingerprint density at radius 1 is 1.46 bits per heavy atom. The lowest BCUT2D eigenvalue weighted by Crippen LogP contribution is -1.82. The van der Waals surface area contributed by atoms with E-state index < -0.39 is 0 Å². The minimum absolute atomic E-state index is 0.531. The molecule has 0 fully saturated rings. The Hall–Kier alpha value is -1.15. The molecule has 0 radical (unpaired) electrons. The predicted molar refractivity (Wildman–Crippen MR) is 56.3 cm³/mol. The van der Waals surface area contributed by atoms with Crippen LogP contribution >= 0.6 is 11.3 Å². The highest BCUT2D eigenvalue weighted by Crippen LogP contribution is 2.28. The van der Waals surface area contributed by atoms with Gasteiger partial charge in [-0.15, -0.1) is 11.3 Å². The Bertz CT molecular complexity index is 442.